The average molecular weight is 573 g/mol. The van der Waals surface area contributed by atoms with Crippen molar-refractivity contribution in [1.82, 2.24) is 30.0 Å². The lowest BCUT2D eigenvalue weighted by molar-refractivity contribution is -0.173. The third-order valence-electron chi connectivity index (χ3n) is 4.91. The van der Waals surface area contributed by atoms with E-state index in [0.717, 1.165) is 6.54 Å². The van der Waals surface area contributed by atoms with Crippen LogP contribution in [0, 0.1) is 5.41 Å². The molecule has 1 amide bonds. The van der Waals surface area contributed by atoms with Gasteiger partial charge in [-0.25, -0.2) is 9.48 Å². The number of β-lactam (4-membered cyclic amide) rings is 1. The number of nitrogens with two attached hydrogens (primary N) is 1. The quantitative estimate of drug-likeness (QED) is 0.193. The Morgan fingerprint density at radius 2 is 1.94 bits per heavy atom. The predicted molar refractivity (Wildman–Crippen MR) is 136 cm³/mol. The van der Waals surface area contributed by atoms with Crippen molar-refractivity contribution >= 4 is 66.2 Å². The zero-order valence-corrected chi connectivity index (χ0v) is 23.4. The summed E-state index contributed by atoms with van der Waals surface area (Å²) >= 11 is 2.86. The third-order valence-corrected chi connectivity index (χ3v) is 7.31. The summed E-state index contributed by atoms with van der Waals surface area (Å²) in [6.07, 6.45) is 0. The minimum absolute atomic E-state index is 0. The van der Waals surface area contributed by atoms with Crippen molar-refractivity contribution in [1.29, 1.82) is 0 Å². The number of aromatic nitrogens is 4. The fourth-order valence-electron chi connectivity index (χ4n) is 2.99. The van der Waals surface area contributed by atoms with Crippen LogP contribution < -0.4 is 5.73 Å². The van der Waals surface area contributed by atoms with Gasteiger partial charge in [0.15, 0.2) is 0 Å². The minimum atomic E-state index is -0.731. The lowest BCUT2D eigenvalue weighted by Crippen LogP contribution is -2.68. The zero-order valence-electron chi connectivity index (χ0n) is 20.1. The Balaban J connectivity index is 0.00000306. The number of thioether (sulfide) groups is 2. The number of hydrogen-bond acceptors (Lipinski definition) is 12. The zero-order chi connectivity index (χ0) is 24.3. The Morgan fingerprint density at radius 3 is 2.57 bits per heavy atom. The van der Waals surface area contributed by atoms with E-state index in [1.807, 2.05) is 19.0 Å². The van der Waals surface area contributed by atoms with Gasteiger partial charge in [-0.1, -0.05) is 11.8 Å². The fraction of sp³-hybridized carbons (Fsp3) is 0.684. The largest absolute Gasteiger partial charge is 0.427 e. The number of fused-ring (bicyclic) bond motifs is 1. The van der Waals surface area contributed by atoms with E-state index in [0.29, 0.717) is 28.8 Å². The van der Waals surface area contributed by atoms with Crippen LogP contribution in [0.25, 0.3) is 0 Å². The van der Waals surface area contributed by atoms with Crippen LogP contribution in [0.15, 0.2) is 16.4 Å². The average Bonchev–Trinajstić information content (AvgIpc) is 3.21. The number of esters is 2. The Hall–Kier alpha value is -1.58. The van der Waals surface area contributed by atoms with Crippen LogP contribution in [0.1, 0.15) is 20.8 Å². The van der Waals surface area contributed by atoms with Crippen molar-refractivity contribution in [3.63, 3.8) is 0 Å². The van der Waals surface area contributed by atoms with Gasteiger partial charge in [0.05, 0.1) is 12.0 Å². The van der Waals surface area contributed by atoms with Crippen molar-refractivity contribution in [2.24, 2.45) is 11.1 Å². The van der Waals surface area contributed by atoms with Crippen molar-refractivity contribution in [3.8, 4) is 0 Å². The first-order valence-corrected chi connectivity index (χ1v) is 12.3. The smallest absolute Gasteiger partial charge is 0.357 e. The molecule has 1 aromatic rings. The van der Waals surface area contributed by atoms with Gasteiger partial charge in [0.1, 0.15) is 17.1 Å². The first-order valence-electron chi connectivity index (χ1n) is 10.3. The van der Waals surface area contributed by atoms with Crippen molar-refractivity contribution < 1.29 is 23.9 Å². The Morgan fingerprint density at radius 1 is 1.26 bits per heavy atom. The number of amides is 1. The number of carbonyl (C=O) groups is 3. The number of rotatable bonds is 9. The number of carbonyl (C=O) groups excluding carboxylic acids is 3. The van der Waals surface area contributed by atoms with Crippen LogP contribution in [-0.2, 0) is 30.4 Å². The maximum absolute atomic E-state index is 12.9. The van der Waals surface area contributed by atoms with E-state index in [9.17, 15) is 14.4 Å². The molecule has 0 aliphatic carbocycles. The van der Waals surface area contributed by atoms with Crippen LogP contribution in [0.2, 0.25) is 0 Å². The molecule has 2 aliphatic heterocycles. The van der Waals surface area contributed by atoms with Gasteiger partial charge in [0, 0.05) is 18.1 Å². The molecule has 0 saturated carbocycles. The molecule has 1 unspecified atom stereocenters. The van der Waals surface area contributed by atoms with E-state index in [1.165, 1.54) is 28.4 Å². The molecule has 0 bridgehead atoms. The second-order valence-electron chi connectivity index (χ2n) is 8.90. The normalized spacial score (nSPS) is 19.4. The number of ether oxygens (including phenoxy) is 2. The molecule has 198 valence electrons. The van der Waals surface area contributed by atoms with Crippen LogP contribution in [-0.4, -0.2) is 98.2 Å². The second-order valence-corrected chi connectivity index (χ2v) is 10.9. The molecule has 0 radical (unpaired) electrons. The lowest BCUT2D eigenvalue weighted by atomic mass is 9.98. The summed E-state index contributed by atoms with van der Waals surface area (Å²) in [5, 5.41) is 12.1. The molecule has 1 aromatic heterocycles. The maximum Gasteiger partial charge on any atom is 0.357 e. The Bertz CT molecular complexity index is 954. The minimum Gasteiger partial charge on any atom is -0.427 e. The second kappa shape index (κ2) is 13.1. The Labute approximate surface area is 224 Å². The van der Waals surface area contributed by atoms with Gasteiger partial charge < -0.3 is 20.1 Å². The molecule has 12 nitrogen and oxygen atoms in total. The summed E-state index contributed by atoms with van der Waals surface area (Å²) in [7, 11) is 3.92. The van der Waals surface area contributed by atoms with Gasteiger partial charge in [-0.2, -0.15) is 0 Å². The number of hydrogen-bond donors (Lipinski definition) is 1. The van der Waals surface area contributed by atoms with E-state index in [4.69, 9.17) is 15.2 Å². The highest BCUT2D eigenvalue weighted by atomic mass is 35.5. The van der Waals surface area contributed by atoms with Gasteiger partial charge >= 0.3 is 11.9 Å². The van der Waals surface area contributed by atoms with Gasteiger partial charge in [0.25, 0.3) is 0 Å². The highest BCUT2D eigenvalue weighted by molar-refractivity contribution is 8.01. The molecule has 2 N–H and O–H groups in total. The SMILES string of the molecule is CN(C)CCn1nnnc1SCC1=C(C(=O)OCOC(=O)C(C)(C)C)N2C(=O)C(N)[C@@H]2SC1.Cl.Cl. The number of halogens is 2. The molecule has 3 rings (SSSR count). The van der Waals surface area contributed by atoms with Crippen molar-refractivity contribution in [2.75, 3.05) is 38.9 Å². The summed E-state index contributed by atoms with van der Waals surface area (Å²) in [6, 6.07) is -0.663. The standard InChI is InChI=1S/C19H29N7O5S2.2ClH/c1-19(2,3)17(29)31-10-30-16(28)13-11(8-32-15-12(20)14(27)26(13)15)9-33-18-21-22-23-25(18)7-6-24(4)5;;/h12,15H,6-10,20H2,1-5H3;2*1H/t12?,15-;;/m0../s1. The monoisotopic (exact) mass is 571 g/mol. The van der Waals surface area contributed by atoms with Crippen LogP contribution in [0.3, 0.4) is 0 Å². The van der Waals surface area contributed by atoms with Gasteiger partial charge in [-0.05, 0) is 50.9 Å². The van der Waals surface area contributed by atoms with Gasteiger partial charge in [0.2, 0.25) is 17.9 Å². The predicted octanol–water partition coefficient (Wildman–Crippen LogP) is 0.757. The summed E-state index contributed by atoms with van der Waals surface area (Å²) in [5.41, 5.74) is 6.03. The third kappa shape index (κ3) is 7.46. The lowest BCUT2D eigenvalue weighted by Gasteiger charge is -2.48. The molecule has 0 aromatic carbocycles. The van der Waals surface area contributed by atoms with E-state index >= 15 is 0 Å². The number of nitrogens with zero attached hydrogens (tertiary/aromatic N) is 6. The summed E-state index contributed by atoms with van der Waals surface area (Å²) in [5.74, 6) is -0.688. The molecule has 35 heavy (non-hydrogen) atoms. The number of likely N-dealkylation sites (N-methyl/N-ethyl adjacent to an activating group) is 1. The fourth-order valence-corrected chi connectivity index (χ4v) is 5.32. The first kappa shape index (κ1) is 31.4. The van der Waals surface area contributed by atoms with E-state index in [-0.39, 0.29) is 41.8 Å². The molecule has 16 heteroatoms. The summed E-state index contributed by atoms with van der Waals surface area (Å²) in [6.45, 7) is 5.95. The van der Waals surface area contributed by atoms with Gasteiger partial charge in [-0.3, -0.25) is 14.5 Å². The van der Waals surface area contributed by atoms with Crippen molar-refractivity contribution in [3.05, 3.63) is 11.3 Å². The summed E-state index contributed by atoms with van der Waals surface area (Å²) < 4.78 is 11.9. The molecule has 1 saturated heterocycles. The maximum atomic E-state index is 12.9. The molecule has 3 heterocycles. The number of tetrazole rings is 1. The van der Waals surface area contributed by atoms with E-state index in [2.05, 4.69) is 15.5 Å². The van der Waals surface area contributed by atoms with Gasteiger partial charge in [-0.15, -0.1) is 41.7 Å². The first-order chi connectivity index (χ1) is 15.5. The van der Waals surface area contributed by atoms with Crippen LogP contribution in [0.4, 0.5) is 0 Å². The molecule has 2 atom stereocenters. The molecule has 0 spiro atoms. The summed E-state index contributed by atoms with van der Waals surface area (Å²) in [4.78, 5) is 40.7. The van der Waals surface area contributed by atoms with Crippen LogP contribution >= 0.6 is 48.3 Å². The van der Waals surface area contributed by atoms with E-state index < -0.39 is 30.2 Å². The molecular formula is C19H31Cl2N7O5S2. The Kier molecular flexibility index (Phi) is 11.8. The highest BCUT2D eigenvalue weighted by Crippen LogP contribution is 2.41. The van der Waals surface area contributed by atoms with E-state index in [1.54, 1.807) is 25.5 Å². The topological polar surface area (TPSA) is 146 Å². The highest BCUT2D eigenvalue weighted by Gasteiger charge is 2.52. The van der Waals surface area contributed by atoms with Crippen LogP contribution in [0.5, 0.6) is 0 Å². The molecule has 1 fully saturated rings. The van der Waals surface area contributed by atoms with Crippen molar-refractivity contribution in [2.45, 2.75) is 43.9 Å². The molecular weight excluding hydrogens is 541 g/mol. The molecule has 2 aliphatic rings.